The molecule has 0 radical (unpaired) electrons. The molecule has 0 atom stereocenters. The Labute approximate surface area is 98.8 Å². The van der Waals surface area contributed by atoms with Crippen molar-refractivity contribution in [1.29, 1.82) is 0 Å². The SMILES string of the molecule is NCc1c(OC(F)(F)F)ncc(O)c1CC(=O)O. The van der Waals surface area contributed by atoms with Gasteiger partial charge in [0.05, 0.1) is 12.6 Å². The Morgan fingerprint density at radius 1 is 1.44 bits per heavy atom. The predicted molar refractivity (Wildman–Crippen MR) is 51.8 cm³/mol. The van der Waals surface area contributed by atoms with E-state index in [9.17, 15) is 23.1 Å². The minimum absolute atomic E-state index is 0.251. The molecule has 1 heterocycles. The second kappa shape index (κ2) is 5.08. The minimum atomic E-state index is -4.98. The Bertz CT molecular complexity index is 462. The molecule has 0 aliphatic rings. The van der Waals surface area contributed by atoms with Crippen LogP contribution >= 0.6 is 0 Å². The highest BCUT2D eigenvalue weighted by molar-refractivity contribution is 5.72. The predicted octanol–water partition coefficient (Wildman–Crippen LogP) is 0.772. The number of hydrogen-bond donors (Lipinski definition) is 3. The maximum Gasteiger partial charge on any atom is 0.574 e. The molecule has 18 heavy (non-hydrogen) atoms. The van der Waals surface area contributed by atoms with Crippen molar-refractivity contribution in [2.45, 2.75) is 19.3 Å². The van der Waals surface area contributed by atoms with Crippen molar-refractivity contribution in [3.05, 3.63) is 17.3 Å². The summed E-state index contributed by atoms with van der Waals surface area (Å²) in [5, 5.41) is 18.0. The fraction of sp³-hybridized carbons (Fsp3) is 0.333. The number of halogens is 3. The summed E-state index contributed by atoms with van der Waals surface area (Å²) in [6.45, 7) is -0.449. The number of aliphatic carboxylic acids is 1. The van der Waals surface area contributed by atoms with E-state index in [1.54, 1.807) is 0 Å². The lowest BCUT2D eigenvalue weighted by atomic mass is 10.1. The van der Waals surface area contributed by atoms with E-state index in [1.807, 2.05) is 0 Å². The number of rotatable bonds is 4. The Morgan fingerprint density at radius 3 is 2.50 bits per heavy atom. The Balaban J connectivity index is 3.24. The standard InChI is InChI=1S/C9H9F3N2O4/c10-9(11,12)18-8-5(2-13)4(1-7(16)17)6(15)3-14-8/h3,15H,1-2,13H2,(H,16,17). The molecule has 4 N–H and O–H groups in total. The van der Waals surface area contributed by atoms with Gasteiger partial charge in [-0.15, -0.1) is 13.2 Å². The molecule has 0 spiro atoms. The molecule has 100 valence electrons. The summed E-state index contributed by atoms with van der Waals surface area (Å²) in [4.78, 5) is 13.8. The summed E-state index contributed by atoms with van der Waals surface area (Å²) in [5.41, 5.74) is 4.68. The summed E-state index contributed by atoms with van der Waals surface area (Å²) < 4.78 is 39.8. The highest BCUT2D eigenvalue weighted by atomic mass is 19.4. The molecule has 1 rings (SSSR count). The smallest absolute Gasteiger partial charge is 0.506 e. The largest absolute Gasteiger partial charge is 0.574 e. The average Bonchev–Trinajstić information content (AvgIpc) is 2.20. The maximum absolute atomic E-state index is 12.1. The van der Waals surface area contributed by atoms with Gasteiger partial charge in [0.1, 0.15) is 5.75 Å². The second-order valence-corrected chi connectivity index (χ2v) is 3.23. The third kappa shape index (κ3) is 3.48. The molecule has 0 aliphatic carbocycles. The number of aromatic nitrogens is 1. The average molecular weight is 266 g/mol. The number of alkyl halides is 3. The summed E-state index contributed by atoms with van der Waals surface area (Å²) >= 11 is 0. The Morgan fingerprint density at radius 2 is 2.06 bits per heavy atom. The monoisotopic (exact) mass is 266 g/mol. The molecule has 9 heteroatoms. The van der Waals surface area contributed by atoms with Crippen LogP contribution in [0.1, 0.15) is 11.1 Å². The van der Waals surface area contributed by atoms with E-state index in [-0.39, 0.29) is 11.1 Å². The molecule has 0 amide bonds. The Hall–Kier alpha value is -2.03. The third-order valence-electron chi connectivity index (χ3n) is 1.98. The van der Waals surface area contributed by atoms with Crippen molar-refractivity contribution in [2.24, 2.45) is 5.73 Å². The van der Waals surface area contributed by atoms with Crippen molar-refractivity contribution >= 4 is 5.97 Å². The van der Waals surface area contributed by atoms with E-state index in [4.69, 9.17) is 10.8 Å². The van der Waals surface area contributed by atoms with E-state index >= 15 is 0 Å². The zero-order valence-corrected chi connectivity index (χ0v) is 8.86. The number of aromatic hydroxyl groups is 1. The quantitative estimate of drug-likeness (QED) is 0.743. The molecule has 0 saturated heterocycles. The zero-order chi connectivity index (χ0) is 13.9. The van der Waals surface area contributed by atoms with E-state index in [0.29, 0.717) is 6.20 Å². The van der Waals surface area contributed by atoms with Crippen LogP contribution in [0.25, 0.3) is 0 Å². The normalized spacial score (nSPS) is 11.3. The van der Waals surface area contributed by atoms with Crippen molar-refractivity contribution in [3.63, 3.8) is 0 Å². The molecule has 1 aromatic heterocycles. The third-order valence-corrected chi connectivity index (χ3v) is 1.98. The van der Waals surface area contributed by atoms with Crippen LogP contribution < -0.4 is 10.5 Å². The first-order valence-corrected chi connectivity index (χ1v) is 4.62. The number of ether oxygens (including phenoxy) is 1. The number of carboxylic acids is 1. The number of pyridine rings is 1. The van der Waals surface area contributed by atoms with Crippen LogP contribution in [-0.2, 0) is 17.8 Å². The fourth-order valence-electron chi connectivity index (χ4n) is 1.32. The van der Waals surface area contributed by atoms with Gasteiger partial charge in [-0.3, -0.25) is 4.79 Å². The van der Waals surface area contributed by atoms with Gasteiger partial charge in [0.25, 0.3) is 0 Å². The van der Waals surface area contributed by atoms with E-state index in [2.05, 4.69) is 9.72 Å². The van der Waals surface area contributed by atoms with Crippen LogP contribution in [0.3, 0.4) is 0 Å². The minimum Gasteiger partial charge on any atom is -0.506 e. The topological polar surface area (TPSA) is 106 Å². The lowest BCUT2D eigenvalue weighted by molar-refractivity contribution is -0.276. The molecule has 0 saturated carbocycles. The van der Waals surface area contributed by atoms with Crippen molar-refractivity contribution in [1.82, 2.24) is 4.98 Å². The summed E-state index contributed by atoms with van der Waals surface area (Å²) in [6, 6.07) is 0. The van der Waals surface area contributed by atoms with Gasteiger partial charge >= 0.3 is 12.3 Å². The summed E-state index contributed by atoms with van der Waals surface area (Å²) in [7, 11) is 0. The fourth-order valence-corrected chi connectivity index (χ4v) is 1.32. The first-order valence-electron chi connectivity index (χ1n) is 4.62. The van der Waals surface area contributed by atoms with E-state index in [1.165, 1.54) is 0 Å². The molecule has 0 unspecified atom stereocenters. The van der Waals surface area contributed by atoms with Crippen LogP contribution in [0.15, 0.2) is 6.20 Å². The zero-order valence-electron chi connectivity index (χ0n) is 8.86. The van der Waals surface area contributed by atoms with Crippen LogP contribution in [0.5, 0.6) is 11.6 Å². The number of nitrogens with zero attached hydrogens (tertiary/aromatic N) is 1. The molecule has 0 fully saturated rings. The number of carboxylic acid groups (broad SMARTS) is 1. The summed E-state index contributed by atoms with van der Waals surface area (Å²) in [5.74, 6) is -2.74. The second-order valence-electron chi connectivity index (χ2n) is 3.23. The van der Waals surface area contributed by atoms with Crippen LogP contribution in [0, 0.1) is 0 Å². The van der Waals surface area contributed by atoms with Gasteiger partial charge in [-0.2, -0.15) is 0 Å². The molecule has 1 aromatic rings. The Kier molecular flexibility index (Phi) is 3.96. The van der Waals surface area contributed by atoms with Gasteiger partial charge in [0.15, 0.2) is 0 Å². The maximum atomic E-state index is 12.1. The van der Waals surface area contributed by atoms with Crippen LogP contribution in [-0.4, -0.2) is 27.5 Å². The van der Waals surface area contributed by atoms with Crippen LogP contribution in [0.2, 0.25) is 0 Å². The van der Waals surface area contributed by atoms with Crippen molar-refractivity contribution < 1.29 is 32.9 Å². The first-order chi connectivity index (χ1) is 8.24. The van der Waals surface area contributed by atoms with Gasteiger partial charge < -0.3 is 20.7 Å². The number of nitrogens with two attached hydrogens (primary N) is 1. The van der Waals surface area contributed by atoms with E-state index < -0.39 is 36.9 Å². The van der Waals surface area contributed by atoms with Crippen LogP contribution in [0.4, 0.5) is 13.2 Å². The van der Waals surface area contributed by atoms with Crippen molar-refractivity contribution in [3.8, 4) is 11.6 Å². The molecular weight excluding hydrogens is 257 g/mol. The molecule has 0 bridgehead atoms. The van der Waals surface area contributed by atoms with Gasteiger partial charge in [-0.1, -0.05) is 0 Å². The molecule has 6 nitrogen and oxygen atoms in total. The number of carbonyl (C=O) groups is 1. The van der Waals surface area contributed by atoms with Gasteiger partial charge in [0, 0.05) is 17.7 Å². The first kappa shape index (κ1) is 14.0. The highest BCUT2D eigenvalue weighted by Gasteiger charge is 2.33. The van der Waals surface area contributed by atoms with E-state index in [0.717, 1.165) is 0 Å². The summed E-state index contributed by atoms with van der Waals surface area (Å²) in [6.07, 6.45) is -4.98. The molecule has 0 aliphatic heterocycles. The van der Waals surface area contributed by atoms with Gasteiger partial charge in [-0.25, -0.2) is 4.98 Å². The van der Waals surface area contributed by atoms with Gasteiger partial charge in [-0.05, 0) is 0 Å². The lowest BCUT2D eigenvalue weighted by Gasteiger charge is -2.14. The molecule has 0 aromatic carbocycles. The number of hydrogen-bond acceptors (Lipinski definition) is 5. The highest BCUT2D eigenvalue weighted by Crippen LogP contribution is 2.31. The lowest BCUT2D eigenvalue weighted by Crippen LogP contribution is -2.20. The van der Waals surface area contributed by atoms with Gasteiger partial charge in [0.2, 0.25) is 5.88 Å². The molecular formula is C9H9F3N2O4. The van der Waals surface area contributed by atoms with Crippen molar-refractivity contribution in [2.75, 3.05) is 0 Å².